The third-order valence-corrected chi connectivity index (χ3v) is 8.90. The number of aromatic nitrogens is 5. The van der Waals surface area contributed by atoms with Crippen LogP contribution in [-0.4, -0.2) is 70.4 Å². The Morgan fingerprint density at radius 3 is 1.58 bits per heavy atom. The van der Waals surface area contributed by atoms with E-state index in [0.29, 0.717) is 39.0 Å². The van der Waals surface area contributed by atoms with E-state index in [0.717, 1.165) is 39.5 Å². The average molecular weight is 878 g/mol. The first-order chi connectivity index (χ1) is 29.4. The van der Waals surface area contributed by atoms with E-state index in [1.807, 2.05) is 60.7 Å². The number of hydrogen-bond acceptors (Lipinski definition) is 13. The van der Waals surface area contributed by atoms with Crippen LogP contribution in [0.1, 0.15) is 72.2 Å². The summed E-state index contributed by atoms with van der Waals surface area (Å²) in [7, 11) is 0. The zero-order valence-corrected chi connectivity index (χ0v) is 36.0. The van der Waals surface area contributed by atoms with Crippen LogP contribution in [-0.2, 0) is 9.47 Å². The molecule has 7 rings (SSSR count). The number of carboxylic acid groups (broad SMARTS) is 1. The molecule has 0 fully saturated rings. The second-order valence-corrected chi connectivity index (χ2v) is 16.4. The summed E-state index contributed by atoms with van der Waals surface area (Å²) in [6, 6.07) is 32.5. The minimum atomic E-state index is -1.03. The third-order valence-electron chi connectivity index (χ3n) is 7.67. The molecule has 0 saturated carbocycles. The van der Waals surface area contributed by atoms with E-state index in [1.165, 1.54) is 5.38 Å². The Hall–Kier alpha value is -7.51. The van der Waals surface area contributed by atoms with Crippen molar-refractivity contribution in [2.24, 2.45) is 0 Å². The quantitative estimate of drug-likeness (QED) is 0.0836. The van der Waals surface area contributed by atoms with Gasteiger partial charge in [0.2, 0.25) is 0 Å². The molecule has 6 N–H and O–H groups in total. The van der Waals surface area contributed by atoms with E-state index in [9.17, 15) is 24.0 Å². The number of H-pyrrole nitrogens is 1. The summed E-state index contributed by atoms with van der Waals surface area (Å²) >= 11 is 2.07. The maximum absolute atomic E-state index is 12.6. The molecule has 0 saturated heterocycles. The van der Waals surface area contributed by atoms with Gasteiger partial charge in [0.25, 0.3) is 11.8 Å². The number of amides is 4. The number of aromatic carboxylic acids is 1. The molecular weight excluding hydrogens is 835 g/mol. The lowest BCUT2D eigenvalue weighted by molar-refractivity contribution is 0.0624. The van der Waals surface area contributed by atoms with Crippen molar-refractivity contribution >= 4 is 86.7 Å². The summed E-state index contributed by atoms with van der Waals surface area (Å²) in [4.78, 5) is 62.0. The van der Waals surface area contributed by atoms with Crippen molar-refractivity contribution in [1.82, 2.24) is 24.2 Å². The highest BCUT2D eigenvalue weighted by Crippen LogP contribution is 2.25. The van der Waals surface area contributed by atoms with Crippen LogP contribution < -0.4 is 21.3 Å². The number of carboxylic acids is 1. The topological polar surface area (TPSA) is 240 Å². The minimum Gasteiger partial charge on any atom is -0.476 e. The Kier molecular flexibility index (Phi) is 15.2. The number of ether oxygens (including phenoxy) is 2. The monoisotopic (exact) mass is 877 g/mol. The van der Waals surface area contributed by atoms with Crippen LogP contribution in [0.15, 0.2) is 115 Å². The van der Waals surface area contributed by atoms with Gasteiger partial charge in [-0.1, -0.05) is 57.5 Å². The zero-order chi connectivity index (χ0) is 44.9. The van der Waals surface area contributed by atoms with E-state index < -0.39 is 29.4 Å². The number of carbonyl (C=O) groups is 5. The molecule has 0 bridgehead atoms. The fraction of sp³-hybridized carbons (Fsp3) is 0.186. The van der Waals surface area contributed by atoms with E-state index in [2.05, 4.69) is 45.4 Å². The van der Waals surface area contributed by atoms with Crippen molar-refractivity contribution in [3.05, 3.63) is 131 Å². The van der Waals surface area contributed by atoms with Gasteiger partial charge in [-0.15, -0.1) is 10.2 Å². The number of benzene rings is 4. The number of aromatic amines is 1. The molecule has 0 atom stereocenters. The van der Waals surface area contributed by atoms with Crippen molar-refractivity contribution in [1.29, 1.82) is 0 Å². The van der Waals surface area contributed by atoms with Crippen molar-refractivity contribution < 1.29 is 38.6 Å². The molecule has 4 amide bonds. The lowest BCUT2D eigenvalue weighted by Crippen LogP contribution is -2.27. The van der Waals surface area contributed by atoms with Crippen molar-refractivity contribution in [3.8, 4) is 11.3 Å². The fourth-order valence-electron chi connectivity index (χ4n) is 5.08. The SMILES string of the molecule is CC(C)(C)OC(=O)Nc1ccc(NC(=O)c2cc3ccccc3[nH]2)cc1.CC(C)(C)OC(=O)Nc1ccc(NC(=O)c2snnc2-c2ccccc2)cc1.O=C(O)c1csnn1. The number of nitrogens with zero attached hydrogens (tertiary/aromatic N) is 4. The number of nitrogens with one attached hydrogen (secondary N) is 5. The van der Waals surface area contributed by atoms with Gasteiger partial charge >= 0.3 is 18.2 Å². The molecule has 0 aliphatic rings. The van der Waals surface area contributed by atoms with E-state index in [4.69, 9.17) is 14.6 Å². The fourth-order valence-corrected chi connectivity index (χ4v) is 6.09. The highest BCUT2D eigenvalue weighted by atomic mass is 32.1. The largest absolute Gasteiger partial charge is 0.476 e. The van der Waals surface area contributed by atoms with Crippen molar-refractivity contribution in [2.75, 3.05) is 21.3 Å². The summed E-state index contributed by atoms with van der Waals surface area (Å²) in [5, 5.41) is 28.8. The van der Waals surface area contributed by atoms with Gasteiger partial charge in [-0.2, -0.15) is 0 Å². The van der Waals surface area contributed by atoms with Crippen LogP contribution >= 0.6 is 23.1 Å². The molecule has 19 heteroatoms. The number of para-hydroxylation sites is 1. The normalized spacial score (nSPS) is 10.8. The number of hydrogen-bond donors (Lipinski definition) is 6. The van der Waals surface area contributed by atoms with E-state index in [1.54, 1.807) is 90.1 Å². The Morgan fingerprint density at radius 2 is 1.11 bits per heavy atom. The molecule has 62 heavy (non-hydrogen) atoms. The van der Waals surface area contributed by atoms with Crippen molar-refractivity contribution in [2.45, 2.75) is 52.7 Å². The highest BCUT2D eigenvalue weighted by molar-refractivity contribution is 7.08. The number of fused-ring (bicyclic) bond motifs is 1. The standard InChI is InChI=1S/C20H20N4O3S.C20H21N3O3.C3H2N2O2S/c1-20(2,3)27-19(26)22-15-11-9-14(10-12-15)21-18(25)17-16(23-24-28-17)13-7-5-4-6-8-13;1-20(2,3)26-19(25)22-15-10-8-14(9-11-15)21-18(24)17-12-13-6-4-5-7-16(13)23-17;6-3(7)2-1-8-5-4-2/h4-12H,1-3H3,(H,21,25)(H,22,26);4-12,23H,1-3H3,(H,21,24)(H,22,25);1H,(H,6,7). The molecule has 0 aliphatic carbocycles. The number of rotatable bonds is 8. The lowest BCUT2D eigenvalue weighted by Gasteiger charge is -2.19. The lowest BCUT2D eigenvalue weighted by atomic mass is 10.1. The van der Waals surface area contributed by atoms with E-state index >= 15 is 0 Å². The molecule has 3 heterocycles. The Morgan fingerprint density at radius 1 is 0.613 bits per heavy atom. The molecule has 17 nitrogen and oxygen atoms in total. The summed E-state index contributed by atoms with van der Waals surface area (Å²) in [5.74, 6) is -1.55. The van der Waals surface area contributed by atoms with Gasteiger partial charge < -0.3 is 30.2 Å². The summed E-state index contributed by atoms with van der Waals surface area (Å²) in [6.45, 7) is 10.8. The second kappa shape index (κ2) is 20.6. The van der Waals surface area contributed by atoms with Crippen LogP contribution in [0.2, 0.25) is 0 Å². The van der Waals surface area contributed by atoms with Gasteiger partial charge in [-0.3, -0.25) is 20.2 Å². The number of anilines is 4. The Labute approximate surface area is 364 Å². The summed E-state index contributed by atoms with van der Waals surface area (Å²) in [6.07, 6.45) is -1.06. The van der Waals surface area contributed by atoms with Crippen LogP contribution in [0, 0.1) is 0 Å². The van der Waals surface area contributed by atoms with Gasteiger partial charge in [0.05, 0.1) is 0 Å². The summed E-state index contributed by atoms with van der Waals surface area (Å²) in [5.41, 5.74) is 4.03. The van der Waals surface area contributed by atoms with Crippen LogP contribution in [0.25, 0.3) is 22.2 Å². The van der Waals surface area contributed by atoms with Crippen LogP contribution in [0.5, 0.6) is 0 Å². The summed E-state index contributed by atoms with van der Waals surface area (Å²) < 4.78 is 17.7. The van der Waals surface area contributed by atoms with Crippen molar-refractivity contribution in [3.63, 3.8) is 0 Å². The molecule has 0 radical (unpaired) electrons. The first-order valence-electron chi connectivity index (χ1n) is 18.7. The predicted molar refractivity (Wildman–Crippen MR) is 239 cm³/mol. The van der Waals surface area contributed by atoms with Gasteiger partial charge in [-0.25, -0.2) is 14.4 Å². The molecule has 7 aromatic rings. The van der Waals surface area contributed by atoms with Crippen LogP contribution in [0.4, 0.5) is 32.3 Å². The van der Waals surface area contributed by atoms with E-state index in [-0.39, 0.29) is 17.5 Å². The van der Waals surface area contributed by atoms with Gasteiger partial charge in [0.15, 0.2) is 5.69 Å². The smallest absolute Gasteiger partial charge is 0.412 e. The molecule has 0 spiro atoms. The molecule has 320 valence electrons. The maximum atomic E-state index is 12.6. The first kappa shape index (κ1) is 45.6. The minimum absolute atomic E-state index is 0.00926. The van der Waals surface area contributed by atoms with Gasteiger partial charge in [-0.05, 0) is 125 Å². The van der Waals surface area contributed by atoms with Gasteiger partial charge in [0, 0.05) is 44.6 Å². The molecule has 0 aliphatic heterocycles. The molecule has 3 aromatic heterocycles. The number of carbonyl (C=O) groups excluding carboxylic acids is 4. The Bertz CT molecular complexity index is 2570. The van der Waals surface area contributed by atoms with Gasteiger partial charge in [0.1, 0.15) is 27.5 Å². The Balaban J connectivity index is 0.000000199. The molecule has 0 unspecified atom stereocenters. The maximum Gasteiger partial charge on any atom is 0.412 e. The zero-order valence-electron chi connectivity index (χ0n) is 34.4. The first-order valence-corrected chi connectivity index (χ1v) is 20.3. The second-order valence-electron chi connectivity index (χ2n) is 15.0. The average Bonchev–Trinajstić information content (AvgIpc) is 4.01. The van der Waals surface area contributed by atoms with Crippen LogP contribution in [0.3, 0.4) is 0 Å². The molecule has 4 aromatic carbocycles. The predicted octanol–water partition coefficient (Wildman–Crippen LogP) is 9.81. The molecular formula is C43H43N9O8S2. The highest BCUT2D eigenvalue weighted by Gasteiger charge is 2.20. The third kappa shape index (κ3) is 14.3.